The quantitative estimate of drug-likeness (QED) is 0.178. The molecule has 0 radical (unpaired) electrons. The van der Waals surface area contributed by atoms with Crippen LogP contribution < -0.4 is 28.4 Å². The predicted molar refractivity (Wildman–Crippen MR) is 214 cm³/mol. The van der Waals surface area contributed by atoms with E-state index in [1.807, 2.05) is 9.80 Å². The Hall–Kier alpha value is -5.26. The molecule has 11 nitrogen and oxygen atoms in total. The second kappa shape index (κ2) is 21.6. The number of nitrogens with zero attached hydrogens (tertiary/aromatic N) is 3. The Morgan fingerprint density at radius 1 is 0.636 bits per heavy atom. The summed E-state index contributed by atoms with van der Waals surface area (Å²) in [5.41, 5.74) is 1.39. The Kier molecular flexibility index (Phi) is 16.7. The third-order valence-electron chi connectivity index (χ3n) is 10.2. The van der Waals surface area contributed by atoms with Gasteiger partial charge in [0.25, 0.3) is 0 Å². The molecule has 0 bridgehead atoms. The summed E-state index contributed by atoms with van der Waals surface area (Å²) in [6, 6.07) is 7.12. The van der Waals surface area contributed by atoms with Crippen molar-refractivity contribution < 1.29 is 38.0 Å². The van der Waals surface area contributed by atoms with E-state index < -0.39 is 0 Å². The molecule has 0 N–H and O–H groups in total. The van der Waals surface area contributed by atoms with E-state index in [9.17, 15) is 9.59 Å². The van der Waals surface area contributed by atoms with Crippen LogP contribution >= 0.6 is 0 Å². The van der Waals surface area contributed by atoms with Crippen LogP contribution in [0.3, 0.4) is 0 Å². The molecule has 296 valence electrons. The fraction of sp³-hybridized carbons (Fsp3) is 0.500. The van der Waals surface area contributed by atoms with E-state index in [1.54, 1.807) is 91.2 Å². The topological polar surface area (TPSA) is 99.2 Å². The van der Waals surface area contributed by atoms with E-state index in [2.05, 4.69) is 42.7 Å². The summed E-state index contributed by atoms with van der Waals surface area (Å²) in [5.74, 6) is 16.9. The van der Waals surface area contributed by atoms with Gasteiger partial charge in [-0.25, -0.2) is 0 Å². The normalized spacial score (nSPS) is 15.1. The molecule has 2 aliphatic heterocycles. The molecular weight excluding hydrogens is 698 g/mol. The molecule has 11 heteroatoms. The van der Waals surface area contributed by atoms with Crippen LogP contribution in [-0.2, 0) is 9.59 Å². The first-order valence-electron chi connectivity index (χ1n) is 18.8. The molecule has 0 atom stereocenters. The molecule has 2 aromatic carbocycles. The van der Waals surface area contributed by atoms with Crippen LogP contribution in [0, 0.1) is 41.4 Å². The van der Waals surface area contributed by atoms with Crippen molar-refractivity contribution in [2.75, 3.05) is 89.5 Å². The fourth-order valence-electron chi connectivity index (χ4n) is 7.48. The van der Waals surface area contributed by atoms with Gasteiger partial charge < -0.3 is 43.1 Å². The van der Waals surface area contributed by atoms with E-state index in [0.29, 0.717) is 63.4 Å². The van der Waals surface area contributed by atoms with Gasteiger partial charge in [0.1, 0.15) is 0 Å². The number of hydrogen-bond acceptors (Lipinski definition) is 9. The molecule has 2 aliphatic rings. The summed E-state index contributed by atoms with van der Waals surface area (Å²) < 4.78 is 32.4. The Balaban J connectivity index is 1.22. The Morgan fingerprint density at radius 3 is 1.27 bits per heavy atom. The summed E-state index contributed by atoms with van der Waals surface area (Å²) in [7, 11) is 13.7. The van der Waals surface area contributed by atoms with Crippen molar-refractivity contribution in [1.29, 1.82) is 0 Å². The zero-order chi connectivity index (χ0) is 39.7. The average Bonchev–Trinajstić information content (AvgIpc) is 3.20. The van der Waals surface area contributed by atoms with Gasteiger partial charge in [-0.15, -0.1) is 0 Å². The van der Waals surface area contributed by atoms with Crippen LogP contribution in [0.4, 0.5) is 0 Å². The van der Waals surface area contributed by atoms with Crippen molar-refractivity contribution in [3.05, 3.63) is 59.7 Å². The maximum atomic E-state index is 13.0. The minimum atomic E-state index is -0.00995. The summed E-state index contributed by atoms with van der Waals surface area (Å²) in [5, 5.41) is 0. The molecule has 2 saturated heterocycles. The van der Waals surface area contributed by atoms with Gasteiger partial charge in [0, 0.05) is 56.0 Å². The molecule has 2 heterocycles. The van der Waals surface area contributed by atoms with E-state index in [4.69, 9.17) is 28.4 Å². The van der Waals surface area contributed by atoms with Crippen LogP contribution in [-0.4, -0.2) is 116 Å². The van der Waals surface area contributed by atoms with Crippen molar-refractivity contribution >= 4 is 11.8 Å². The summed E-state index contributed by atoms with van der Waals surface area (Å²) >= 11 is 0. The zero-order valence-corrected chi connectivity index (χ0v) is 33.7. The molecule has 55 heavy (non-hydrogen) atoms. The van der Waals surface area contributed by atoms with Gasteiger partial charge in [-0.1, -0.05) is 23.7 Å². The Labute approximate surface area is 327 Å². The van der Waals surface area contributed by atoms with Crippen molar-refractivity contribution in [3.8, 4) is 58.2 Å². The number of carbonyl (C=O) groups excluding carboxylic acids is 2. The van der Waals surface area contributed by atoms with Crippen molar-refractivity contribution in [1.82, 2.24) is 14.7 Å². The second-order valence-corrected chi connectivity index (χ2v) is 14.2. The molecule has 0 saturated carbocycles. The lowest BCUT2D eigenvalue weighted by Crippen LogP contribution is -2.39. The third-order valence-corrected chi connectivity index (χ3v) is 10.2. The third kappa shape index (κ3) is 12.4. The number of allylic oxidation sites excluding steroid dienone is 2. The van der Waals surface area contributed by atoms with Gasteiger partial charge >= 0.3 is 0 Å². The lowest BCUT2D eigenvalue weighted by atomic mass is 9.80. The monoisotopic (exact) mass is 755 g/mol. The standard InChI is InChI=1S/C44H57N3O8/c1-45(2)31-36(25-32-17-21-46(22-18-32)41(48)15-11-9-13-34-27-37(50-3)43(54-7)38(28-34)51-4)26-33-19-23-47(24-20-33)42(49)16-12-10-14-35-29-39(52-5)44(55-8)40(30-35)53-6/h11-12,15-16,27-30,32-33,36H,17-26,31H2,1-8H3/b15-11+,16-12+. The molecular formula is C44H57N3O8. The molecule has 2 amide bonds. The summed E-state index contributed by atoms with van der Waals surface area (Å²) in [6.45, 7) is 4.06. The maximum Gasteiger partial charge on any atom is 0.247 e. The zero-order valence-electron chi connectivity index (χ0n) is 33.7. The van der Waals surface area contributed by atoms with Gasteiger partial charge in [0.2, 0.25) is 23.3 Å². The lowest BCUT2D eigenvalue weighted by molar-refractivity contribution is -0.128. The predicted octanol–water partition coefficient (Wildman–Crippen LogP) is 5.69. The van der Waals surface area contributed by atoms with E-state index in [-0.39, 0.29) is 11.8 Å². The molecule has 2 aromatic rings. The fourth-order valence-corrected chi connectivity index (χ4v) is 7.48. The van der Waals surface area contributed by atoms with Crippen molar-refractivity contribution in [2.45, 2.75) is 38.5 Å². The average molecular weight is 756 g/mol. The number of methoxy groups -OCH3 is 6. The molecule has 0 aliphatic carbocycles. The Morgan fingerprint density at radius 2 is 0.982 bits per heavy atom. The van der Waals surface area contributed by atoms with Crippen LogP contribution in [0.2, 0.25) is 0 Å². The number of carbonyl (C=O) groups is 2. The maximum absolute atomic E-state index is 13.0. The number of amides is 2. The SMILES string of the molecule is COc1cc(C#C/C=C/C(=O)N2CCC(CC(CC3CCN(C(=O)/C=C/C#Cc4cc(OC)c(OC)c(OC)c4)CC3)CN(C)C)CC2)cc(OC)c1OC. The number of ether oxygens (including phenoxy) is 6. The van der Waals surface area contributed by atoms with E-state index in [1.165, 1.54) is 0 Å². The Bertz CT molecular complexity index is 1610. The van der Waals surface area contributed by atoms with Gasteiger partial charge in [-0.3, -0.25) is 9.59 Å². The lowest BCUT2D eigenvalue weighted by Gasteiger charge is -2.36. The summed E-state index contributed by atoms with van der Waals surface area (Å²) in [4.78, 5) is 32.1. The van der Waals surface area contributed by atoms with E-state index in [0.717, 1.165) is 71.2 Å². The minimum Gasteiger partial charge on any atom is -0.493 e. The minimum absolute atomic E-state index is 0.00995. The number of benzene rings is 2. The number of likely N-dealkylation sites (tertiary alicyclic amines) is 2. The highest BCUT2D eigenvalue weighted by molar-refractivity contribution is 5.88. The molecule has 0 aromatic heterocycles. The van der Waals surface area contributed by atoms with Gasteiger partial charge in [0.05, 0.1) is 42.7 Å². The van der Waals surface area contributed by atoms with Crippen LogP contribution in [0.1, 0.15) is 49.7 Å². The molecule has 4 rings (SSSR count). The van der Waals surface area contributed by atoms with Crippen molar-refractivity contribution in [3.63, 3.8) is 0 Å². The number of piperidine rings is 2. The van der Waals surface area contributed by atoms with Gasteiger partial charge in [-0.05, 0) is 107 Å². The molecule has 2 fully saturated rings. The number of hydrogen-bond donors (Lipinski definition) is 0. The first-order valence-corrected chi connectivity index (χ1v) is 18.8. The largest absolute Gasteiger partial charge is 0.493 e. The molecule has 0 spiro atoms. The molecule has 0 unspecified atom stereocenters. The first kappa shape index (κ1) is 42.5. The first-order chi connectivity index (χ1) is 26.6. The van der Waals surface area contributed by atoms with Crippen LogP contribution in [0.15, 0.2) is 48.6 Å². The summed E-state index contributed by atoms with van der Waals surface area (Å²) in [6.07, 6.45) is 12.6. The highest BCUT2D eigenvalue weighted by atomic mass is 16.5. The highest BCUT2D eigenvalue weighted by Crippen LogP contribution is 2.39. The van der Waals surface area contributed by atoms with Gasteiger partial charge in [-0.2, -0.15) is 0 Å². The van der Waals surface area contributed by atoms with Crippen LogP contribution in [0.25, 0.3) is 0 Å². The second-order valence-electron chi connectivity index (χ2n) is 14.2. The highest BCUT2D eigenvalue weighted by Gasteiger charge is 2.28. The smallest absolute Gasteiger partial charge is 0.247 e. The van der Waals surface area contributed by atoms with Crippen molar-refractivity contribution in [2.24, 2.45) is 17.8 Å². The number of rotatable bonds is 14. The van der Waals surface area contributed by atoms with E-state index >= 15 is 0 Å². The van der Waals surface area contributed by atoms with Gasteiger partial charge in [0.15, 0.2) is 23.0 Å². The van der Waals surface area contributed by atoms with Crippen LogP contribution in [0.5, 0.6) is 34.5 Å².